The van der Waals surface area contributed by atoms with E-state index in [4.69, 9.17) is 9.47 Å². The Kier molecular flexibility index (Phi) is 5.26. The number of methoxy groups -OCH3 is 2. The number of benzene rings is 1. The predicted molar refractivity (Wildman–Crippen MR) is 89.4 cm³/mol. The monoisotopic (exact) mass is 317 g/mol. The van der Waals surface area contributed by atoms with E-state index in [9.17, 15) is 4.79 Å². The van der Waals surface area contributed by atoms with Gasteiger partial charge in [-0.25, -0.2) is 0 Å². The summed E-state index contributed by atoms with van der Waals surface area (Å²) in [6, 6.07) is 5.07. The quantitative estimate of drug-likeness (QED) is 0.858. The van der Waals surface area contributed by atoms with Crippen molar-refractivity contribution in [2.75, 3.05) is 19.5 Å². The van der Waals surface area contributed by atoms with Gasteiger partial charge in [0.15, 0.2) is 11.5 Å². The molecule has 0 radical (unpaired) electrons. The number of aromatic amines is 1. The molecular weight excluding hydrogens is 294 g/mol. The van der Waals surface area contributed by atoms with Crippen LogP contribution in [0.25, 0.3) is 0 Å². The van der Waals surface area contributed by atoms with Crippen molar-refractivity contribution in [3.8, 4) is 11.5 Å². The average molecular weight is 317 g/mol. The van der Waals surface area contributed by atoms with E-state index in [-0.39, 0.29) is 5.91 Å². The van der Waals surface area contributed by atoms with Crippen LogP contribution in [0.3, 0.4) is 0 Å². The Morgan fingerprint density at radius 3 is 2.57 bits per heavy atom. The molecule has 1 amide bonds. The number of carbonyl (C=O) groups is 1. The minimum absolute atomic E-state index is 0.208. The van der Waals surface area contributed by atoms with E-state index in [1.807, 2.05) is 6.92 Å². The van der Waals surface area contributed by atoms with Gasteiger partial charge in [0, 0.05) is 5.56 Å². The number of aryl methyl sites for hydroxylation is 1. The zero-order chi connectivity index (χ0) is 17.0. The minimum Gasteiger partial charge on any atom is -0.493 e. The highest BCUT2D eigenvalue weighted by atomic mass is 16.5. The molecule has 2 aromatic rings. The second-order valence-corrected chi connectivity index (χ2v) is 5.79. The van der Waals surface area contributed by atoms with E-state index in [2.05, 4.69) is 29.4 Å². The smallest absolute Gasteiger partial charge is 0.255 e. The Hall–Kier alpha value is -2.50. The summed E-state index contributed by atoms with van der Waals surface area (Å²) in [5.41, 5.74) is 2.96. The molecule has 6 heteroatoms. The highest BCUT2D eigenvalue weighted by Gasteiger charge is 2.16. The zero-order valence-electron chi connectivity index (χ0n) is 14.2. The molecule has 1 heterocycles. The van der Waals surface area contributed by atoms with Crippen LogP contribution in [-0.2, 0) is 6.42 Å². The summed E-state index contributed by atoms with van der Waals surface area (Å²) in [6.45, 7) is 6.12. The van der Waals surface area contributed by atoms with Gasteiger partial charge in [0.2, 0.25) is 0 Å². The van der Waals surface area contributed by atoms with E-state index >= 15 is 0 Å². The van der Waals surface area contributed by atoms with Crippen molar-refractivity contribution < 1.29 is 14.3 Å². The molecule has 0 atom stereocenters. The van der Waals surface area contributed by atoms with Gasteiger partial charge in [-0.3, -0.25) is 9.89 Å². The molecule has 2 N–H and O–H groups in total. The first kappa shape index (κ1) is 16.9. The van der Waals surface area contributed by atoms with Crippen LogP contribution < -0.4 is 14.8 Å². The number of amides is 1. The van der Waals surface area contributed by atoms with Crippen molar-refractivity contribution in [1.29, 1.82) is 0 Å². The lowest BCUT2D eigenvalue weighted by Gasteiger charge is -2.11. The molecule has 0 unspecified atom stereocenters. The molecule has 0 bridgehead atoms. The average Bonchev–Trinajstić information content (AvgIpc) is 2.86. The summed E-state index contributed by atoms with van der Waals surface area (Å²) in [6.07, 6.45) is 0.798. The van der Waals surface area contributed by atoms with E-state index in [1.54, 1.807) is 32.4 Å². The number of hydrogen-bond acceptors (Lipinski definition) is 4. The predicted octanol–water partition coefficient (Wildman–Crippen LogP) is 3.19. The Balaban J connectivity index is 2.24. The fourth-order valence-electron chi connectivity index (χ4n) is 2.34. The fraction of sp³-hybridized carbons (Fsp3) is 0.412. The van der Waals surface area contributed by atoms with E-state index < -0.39 is 0 Å². The van der Waals surface area contributed by atoms with Crippen LogP contribution in [0.2, 0.25) is 0 Å². The first-order chi connectivity index (χ1) is 11.0. The second kappa shape index (κ2) is 7.17. The van der Waals surface area contributed by atoms with Crippen molar-refractivity contribution in [3.05, 3.63) is 35.2 Å². The number of nitrogens with one attached hydrogen (secondary N) is 2. The van der Waals surface area contributed by atoms with Gasteiger partial charge in [-0.05, 0) is 37.5 Å². The second-order valence-electron chi connectivity index (χ2n) is 5.79. The minimum atomic E-state index is -0.208. The number of carbonyl (C=O) groups excluding carboxylic acids is 1. The number of ether oxygens (including phenoxy) is 2. The van der Waals surface area contributed by atoms with Crippen molar-refractivity contribution in [2.45, 2.75) is 27.2 Å². The van der Waals surface area contributed by atoms with Crippen LogP contribution in [0, 0.1) is 12.8 Å². The normalized spacial score (nSPS) is 10.7. The third kappa shape index (κ3) is 3.83. The maximum absolute atomic E-state index is 12.5. The van der Waals surface area contributed by atoms with Gasteiger partial charge in [-0.1, -0.05) is 13.8 Å². The van der Waals surface area contributed by atoms with Gasteiger partial charge in [0.1, 0.15) is 0 Å². The molecule has 2 rings (SSSR count). The molecule has 23 heavy (non-hydrogen) atoms. The summed E-state index contributed by atoms with van der Waals surface area (Å²) in [5.74, 6) is 1.35. The molecule has 1 aromatic carbocycles. The summed E-state index contributed by atoms with van der Waals surface area (Å²) < 4.78 is 10.4. The number of rotatable bonds is 6. The lowest BCUT2D eigenvalue weighted by Crippen LogP contribution is -2.14. The summed E-state index contributed by atoms with van der Waals surface area (Å²) in [5, 5.41) is 10.2. The van der Waals surface area contributed by atoms with Crippen LogP contribution in [0.15, 0.2) is 18.2 Å². The topological polar surface area (TPSA) is 76.2 Å². The number of aromatic nitrogens is 2. The summed E-state index contributed by atoms with van der Waals surface area (Å²) >= 11 is 0. The van der Waals surface area contributed by atoms with Gasteiger partial charge in [-0.2, -0.15) is 5.10 Å². The highest BCUT2D eigenvalue weighted by Crippen LogP contribution is 2.28. The van der Waals surface area contributed by atoms with Crippen LogP contribution in [0.1, 0.15) is 35.6 Å². The fourth-order valence-corrected chi connectivity index (χ4v) is 2.34. The van der Waals surface area contributed by atoms with Crippen LogP contribution in [-0.4, -0.2) is 30.3 Å². The molecule has 0 saturated carbocycles. The van der Waals surface area contributed by atoms with Gasteiger partial charge < -0.3 is 14.8 Å². The molecule has 0 saturated heterocycles. The maximum Gasteiger partial charge on any atom is 0.255 e. The van der Waals surface area contributed by atoms with Gasteiger partial charge >= 0.3 is 0 Å². The summed E-state index contributed by atoms with van der Waals surface area (Å²) in [4.78, 5) is 12.5. The summed E-state index contributed by atoms with van der Waals surface area (Å²) in [7, 11) is 3.10. The number of hydrogen-bond donors (Lipinski definition) is 2. The highest BCUT2D eigenvalue weighted by molar-refractivity contribution is 6.05. The Bertz CT molecular complexity index is 692. The van der Waals surface area contributed by atoms with Gasteiger partial charge in [-0.15, -0.1) is 0 Å². The van der Waals surface area contributed by atoms with E-state index in [0.29, 0.717) is 23.0 Å². The van der Waals surface area contributed by atoms with E-state index in [0.717, 1.165) is 23.5 Å². The molecule has 1 aromatic heterocycles. The van der Waals surface area contributed by atoms with Crippen LogP contribution in [0.4, 0.5) is 5.69 Å². The third-order valence-electron chi connectivity index (χ3n) is 3.51. The molecule has 0 fully saturated rings. The molecule has 0 aliphatic rings. The number of anilines is 1. The van der Waals surface area contributed by atoms with Crippen LogP contribution in [0.5, 0.6) is 11.5 Å². The lowest BCUT2D eigenvalue weighted by atomic mass is 10.1. The maximum atomic E-state index is 12.5. The number of H-pyrrole nitrogens is 1. The largest absolute Gasteiger partial charge is 0.493 e. The van der Waals surface area contributed by atoms with Crippen molar-refractivity contribution in [1.82, 2.24) is 10.2 Å². The van der Waals surface area contributed by atoms with E-state index in [1.165, 1.54) is 0 Å². The first-order valence-electron chi connectivity index (χ1n) is 7.53. The van der Waals surface area contributed by atoms with Crippen molar-refractivity contribution in [3.63, 3.8) is 0 Å². The number of nitrogens with zero attached hydrogens (tertiary/aromatic N) is 1. The lowest BCUT2D eigenvalue weighted by molar-refractivity contribution is 0.102. The molecule has 0 aliphatic heterocycles. The standard InChI is InChI=1S/C17H23N3O3/c1-10(2)8-13-16(11(3)19-20-13)18-17(21)12-6-7-14(22-4)15(9-12)23-5/h6-7,9-10H,8H2,1-5H3,(H,18,21)(H,19,20). The van der Waals surface area contributed by atoms with Crippen LogP contribution >= 0.6 is 0 Å². The molecular formula is C17H23N3O3. The molecule has 6 nitrogen and oxygen atoms in total. The van der Waals surface area contributed by atoms with Gasteiger partial charge in [0.25, 0.3) is 5.91 Å². The first-order valence-corrected chi connectivity index (χ1v) is 7.53. The third-order valence-corrected chi connectivity index (χ3v) is 3.51. The molecule has 0 spiro atoms. The van der Waals surface area contributed by atoms with Crippen molar-refractivity contribution >= 4 is 11.6 Å². The van der Waals surface area contributed by atoms with Gasteiger partial charge in [0.05, 0.1) is 31.3 Å². The SMILES string of the molecule is COc1ccc(C(=O)Nc2c(CC(C)C)n[nH]c2C)cc1OC. The van der Waals surface area contributed by atoms with Crippen molar-refractivity contribution in [2.24, 2.45) is 5.92 Å². The Labute approximate surface area is 136 Å². The molecule has 124 valence electrons. The Morgan fingerprint density at radius 2 is 1.96 bits per heavy atom. The Morgan fingerprint density at radius 1 is 1.26 bits per heavy atom. The zero-order valence-corrected chi connectivity index (χ0v) is 14.2. The molecule has 0 aliphatic carbocycles.